The van der Waals surface area contributed by atoms with Crippen LogP contribution in [0.1, 0.15) is 18.4 Å². The van der Waals surface area contributed by atoms with Crippen LogP contribution in [0.5, 0.6) is 17.2 Å². The number of nitrogens with two attached hydrogens (primary N) is 1. The van der Waals surface area contributed by atoms with E-state index in [-0.39, 0.29) is 24.5 Å². The predicted octanol–water partition coefficient (Wildman–Crippen LogP) is 3.18. The van der Waals surface area contributed by atoms with Gasteiger partial charge in [0.15, 0.2) is 11.5 Å². The highest BCUT2D eigenvalue weighted by molar-refractivity contribution is 5.93. The standard InChI is InChI=1S/C20H21FN4O4/c1-11-15(26)6-5-13(21)19(11)25-20-12-8-16(28-2)17(9-14(12)23-10-24-20)29-7-3-4-18(22)27/h5-6,8-10,26H,3-4,7H2,1-2H3,(H2,22,27)(H,23,24,25). The number of hydrogen-bond acceptors (Lipinski definition) is 7. The van der Waals surface area contributed by atoms with Crippen molar-refractivity contribution in [1.82, 2.24) is 9.97 Å². The van der Waals surface area contributed by atoms with Gasteiger partial charge in [0.05, 0.1) is 24.9 Å². The number of nitrogens with one attached hydrogen (secondary N) is 1. The normalized spacial score (nSPS) is 10.7. The summed E-state index contributed by atoms with van der Waals surface area (Å²) in [7, 11) is 1.49. The molecule has 0 atom stereocenters. The van der Waals surface area contributed by atoms with E-state index in [1.54, 1.807) is 19.1 Å². The molecule has 0 aliphatic heterocycles. The van der Waals surface area contributed by atoms with E-state index in [1.165, 1.54) is 25.6 Å². The molecule has 9 heteroatoms. The number of aromatic nitrogens is 2. The summed E-state index contributed by atoms with van der Waals surface area (Å²) < 4.78 is 25.3. The van der Waals surface area contributed by atoms with Gasteiger partial charge in [-0.25, -0.2) is 14.4 Å². The number of carbonyl (C=O) groups is 1. The molecule has 0 unspecified atom stereocenters. The lowest BCUT2D eigenvalue weighted by molar-refractivity contribution is -0.118. The van der Waals surface area contributed by atoms with Crippen molar-refractivity contribution in [3.8, 4) is 17.2 Å². The number of aromatic hydroxyl groups is 1. The number of amides is 1. The summed E-state index contributed by atoms with van der Waals surface area (Å²) in [5.41, 5.74) is 6.16. The highest BCUT2D eigenvalue weighted by atomic mass is 19.1. The van der Waals surface area contributed by atoms with Crippen molar-refractivity contribution in [3.05, 3.63) is 42.0 Å². The Morgan fingerprint density at radius 2 is 2.07 bits per heavy atom. The lowest BCUT2D eigenvalue weighted by atomic mass is 10.1. The molecule has 0 saturated heterocycles. The van der Waals surface area contributed by atoms with Crippen LogP contribution in [0, 0.1) is 12.7 Å². The van der Waals surface area contributed by atoms with Crippen LogP contribution in [0.15, 0.2) is 30.6 Å². The van der Waals surface area contributed by atoms with Crippen LogP contribution in [-0.4, -0.2) is 34.7 Å². The van der Waals surface area contributed by atoms with Gasteiger partial charge in [0.2, 0.25) is 5.91 Å². The summed E-state index contributed by atoms with van der Waals surface area (Å²) in [4.78, 5) is 19.3. The second-order valence-corrected chi connectivity index (χ2v) is 6.35. The average molecular weight is 400 g/mol. The van der Waals surface area contributed by atoms with Gasteiger partial charge in [-0.1, -0.05) is 0 Å². The Bertz CT molecular complexity index is 1060. The summed E-state index contributed by atoms with van der Waals surface area (Å²) >= 11 is 0. The van der Waals surface area contributed by atoms with E-state index < -0.39 is 11.7 Å². The van der Waals surface area contributed by atoms with E-state index >= 15 is 0 Å². The number of phenolic OH excluding ortho intramolecular Hbond substituents is 1. The van der Waals surface area contributed by atoms with Gasteiger partial charge in [-0.15, -0.1) is 0 Å². The Labute approximate surface area is 166 Å². The SMILES string of the molecule is COc1cc2c(Nc3c(F)ccc(O)c3C)ncnc2cc1OCCCC(N)=O. The van der Waals surface area contributed by atoms with E-state index in [4.69, 9.17) is 15.2 Å². The van der Waals surface area contributed by atoms with Crippen molar-refractivity contribution in [2.45, 2.75) is 19.8 Å². The Kier molecular flexibility index (Phi) is 5.96. The maximum atomic E-state index is 14.3. The van der Waals surface area contributed by atoms with Crippen LogP contribution in [0.2, 0.25) is 0 Å². The van der Waals surface area contributed by atoms with Crippen LogP contribution < -0.4 is 20.5 Å². The van der Waals surface area contributed by atoms with Crippen LogP contribution in [0.3, 0.4) is 0 Å². The number of nitrogens with zero attached hydrogens (tertiary/aromatic N) is 2. The number of methoxy groups -OCH3 is 1. The molecular formula is C20H21FN4O4. The Balaban J connectivity index is 1.95. The van der Waals surface area contributed by atoms with E-state index in [0.717, 1.165) is 0 Å². The summed E-state index contributed by atoms with van der Waals surface area (Å²) in [6.07, 6.45) is 2.04. The fourth-order valence-electron chi connectivity index (χ4n) is 2.80. The molecule has 1 heterocycles. The molecule has 0 spiro atoms. The van der Waals surface area contributed by atoms with Gasteiger partial charge in [-0.05, 0) is 31.5 Å². The number of benzene rings is 2. The first-order valence-electron chi connectivity index (χ1n) is 8.89. The number of primary amides is 1. The number of carbonyl (C=O) groups excluding carboxylic acids is 1. The third kappa shape index (κ3) is 4.45. The number of fused-ring (bicyclic) bond motifs is 1. The largest absolute Gasteiger partial charge is 0.508 e. The van der Waals surface area contributed by atoms with Crippen LogP contribution in [-0.2, 0) is 4.79 Å². The molecule has 3 aromatic rings. The van der Waals surface area contributed by atoms with Crippen molar-refractivity contribution in [3.63, 3.8) is 0 Å². The first-order valence-corrected chi connectivity index (χ1v) is 8.89. The predicted molar refractivity (Wildman–Crippen MR) is 106 cm³/mol. The number of halogens is 1. The molecule has 0 aliphatic carbocycles. The smallest absolute Gasteiger partial charge is 0.217 e. The Morgan fingerprint density at radius 1 is 1.28 bits per heavy atom. The summed E-state index contributed by atoms with van der Waals surface area (Å²) in [6.45, 7) is 1.89. The van der Waals surface area contributed by atoms with E-state index in [0.29, 0.717) is 40.2 Å². The van der Waals surface area contributed by atoms with E-state index in [1.807, 2.05) is 0 Å². The second-order valence-electron chi connectivity index (χ2n) is 6.35. The zero-order chi connectivity index (χ0) is 21.0. The molecule has 0 bridgehead atoms. The van der Waals surface area contributed by atoms with Gasteiger partial charge in [-0.3, -0.25) is 4.79 Å². The third-order valence-corrected chi connectivity index (χ3v) is 4.37. The number of phenols is 1. The summed E-state index contributed by atoms with van der Waals surface area (Å²) in [5, 5.41) is 13.4. The fraction of sp³-hybridized carbons (Fsp3) is 0.250. The molecule has 0 aliphatic rings. The maximum Gasteiger partial charge on any atom is 0.217 e. The van der Waals surface area contributed by atoms with Gasteiger partial charge < -0.3 is 25.6 Å². The van der Waals surface area contributed by atoms with Gasteiger partial charge >= 0.3 is 0 Å². The van der Waals surface area contributed by atoms with Crippen molar-refractivity contribution in [2.24, 2.45) is 5.73 Å². The lowest BCUT2D eigenvalue weighted by Crippen LogP contribution is -2.12. The molecule has 1 aromatic heterocycles. The molecule has 29 heavy (non-hydrogen) atoms. The molecule has 0 saturated carbocycles. The van der Waals surface area contributed by atoms with Crippen molar-refractivity contribution >= 4 is 28.3 Å². The van der Waals surface area contributed by atoms with Gasteiger partial charge in [0.1, 0.15) is 23.7 Å². The van der Waals surface area contributed by atoms with Gasteiger partial charge in [-0.2, -0.15) is 0 Å². The molecule has 2 aromatic carbocycles. The van der Waals surface area contributed by atoms with Crippen molar-refractivity contribution in [1.29, 1.82) is 0 Å². The molecule has 0 radical (unpaired) electrons. The topological polar surface area (TPSA) is 120 Å². The maximum absolute atomic E-state index is 14.3. The molecule has 3 rings (SSSR count). The quantitative estimate of drug-likeness (QED) is 0.497. The zero-order valence-electron chi connectivity index (χ0n) is 16.0. The van der Waals surface area contributed by atoms with Crippen LogP contribution in [0.25, 0.3) is 10.9 Å². The number of anilines is 2. The third-order valence-electron chi connectivity index (χ3n) is 4.37. The minimum atomic E-state index is -0.520. The van der Waals surface area contributed by atoms with E-state index in [9.17, 15) is 14.3 Å². The zero-order valence-corrected chi connectivity index (χ0v) is 16.0. The van der Waals surface area contributed by atoms with Crippen LogP contribution >= 0.6 is 0 Å². The molecular weight excluding hydrogens is 379 g/mol. The minimum Gasteiger partial charge on any atom is -0.508 e. The highest BCUT2D eigenvalue weighted by Crippen LogP contribution is 2.36. The minimum absolute atomic E-state index is 0.0310. The van der Waals surface area contributed by atoms with E-state index in [2.05, 4.69) is 15.3 Å². The number of rotatable bonds is 8. The van der Waals surface area contributed by atoms with Crippen molar-refractivity contribution in [2.75, 3.05) is 19.0 Å². The second kappa shape index (κ2) is 8.59. The molecule has 1 amide bonds. The molecule has 8 nitrogen and oxygen atoms in total. The fourth-order valence-corrected chi connectivity index (χ4v) is 2.80. The molecule has 152 valence electrons. The average Bonchev–Trinajstić information content (AvgIpc) is 2.70. The summed E-state index contributed by atoms with van der Waals surface area (Å²) in [6, 6.07) is 5.82. The van der Waals surface area contributed by atoms with Crippen LogP contribution in [0.4, 0.5) is 15.9 Å². The first kappa shape index (κ1) is 20.1. The number of ether oxygens (including phenoxy) is 2. The number of hydrogen-bond donors (Lipinski definition) is 3. The van der Waals surface area contributed by atoms with Gasteiger partial charge in [0.25, 0.3) is 0 Å². The Morgan fingerprint density at radius 3 is 2.79 bits per heavy atom. The first-order chi connectivity index (χ1) is 13.9. The Hall–Kier alpha value is -3.62. The highest BCUT2D eigenvalue weighted by Gasteiger charge is 2.15. The van der Waals surface area contributed by atoms with Crippen molar-refractivity contribution < 1.29 is 23.8 Å². The molecule has 0 fully saturated rings. The summed E-state index contributed by atoms with van der Waals surface area (Å²) in [5.74, 6) is 0.291. The monoisotopic (exact) mass is 400 g/mol. The van der Waals surface area contributed by atoms with Gasteiger partial charge in [0, 0.05) is 23.4 Å². The lowest BCUT2D eigenvalue weighted by Gasteiger charge is -2.15. The molecule has 4 N–H and O–H groups in total.